The maximum atomic E-state index is 12.8. The van der Waals surface area contributed by atoms with Crippen molar-refractivity contribution < 1.29 is 17.9 Å². The zero-order chi connectivity index (χ0) is 19.3. The van der Waals surface area contributed by atoms with Gasteiger partial charge in [0.1, 0.15) is 9.96 Å². The van der Waals surface area contributed by atoms with Crippen molar-refractivity contribution in [2.45, 2.75) is 36.8 Å². The van der Waals surface area contributed by atoms with Crippen LogP contribution in [0.1, 0.15) is 42.3 Å². The highest BCUT2D eigenvalue weighted by Crippen LogP contribution is 2.27. The summed E-state index contributed by atoms with van der Waals surface area (Å²) in [6, 6.07) is 10.2. The zero-order valence-corrected chi connectivity index (χ0v) is 16.9. The zero-order valence-electron chi connectivity index (χ0n) is 15.3. The molecule has 0 aliphatic carbocycles. The quantitative estimate of drug-likeness (QED) is 0.785. The third-order valence-corrected chi connectivity index (χ3v) is 7.84. The lowest BCUT2D eigenvalue weighted by Gasteiger charge is -2.18. The van der Waals surface area contributed by atoms with E-state index in [4.69, 9.17) is 4.74 Å². The van der Waals surface area contributed by atoms with E-state index in [0.29, 0.717) is 30.3 Å². The van der Waals surface area contributed by atoms with E-state index in [1.54, 1.807) is 34.6 Å². The summed E-state index contributed by atoms with van der Waals surface area (Å²) in [7, 11) is -3.53. The van der Waals surface area contributed by atoms with Gasteiger partial charge in [-0.3, -0.25) is 4.79 Å². The highest BCUT2D eigenvalue weighted by molar-refractivity contribution is 7.91. The summed E-state index contributed by atoms with van der Waals surface area (Å²) in [5.74, 6) is 0.416. The van der Waals surface area contributed by atoms with Crippen LogP contribution in [0.15, 0.2) is 40.6 Å². The number of hydrogen-bond donors (Lipinski definition) is 1. The number of hydrogen-bond acceptors (Lipinski definition) is 5. The molecule has 1 N–H and O–H groups in total. The van der Waals surface area contributed by atoms with E-state index in [1.165, 1.54) is 6.07 Å². The molecule has 146 valence electrons. The Morgan fingerprint density at radius 3 is 2.37 bits per heavy atom. The lowest BCUT2D eigenvalue weighted by molar-refractivity contribution is 0.103. The number of anilines is 1. The fraction of sp³-hybridized carbons (Fsp3) is 0.421. The Morgan fingerprint density at radius 2 is 1.74 bits per heavy atom. The van der Waals surface area contributed by atoms with Gasteiger partial charge < -0.3 is 10.1 Å². The predicted molar refractivity (Wildman–Crippen MR) is 107 cm³/mol. The van der Waals surface area contributed by atoms with Crippen molar-refractivity contribution in [1.82, 2.24) is 4.31 Å². The minimum atomic E-state index is -3.53. The Kier molecular flexibility index (Phi) is 6.51. The Labute approximate surface area is 164 Å². The molecule has 2 heterocycles. The summed E-state index contributed by atoms with van der Waals surface area (Å²) in [4.78, 5) is 12.8. The molecule has 1 aromatic heterocycles. The second-order valence-corrected chi connectivity index (χ2v) is 9.60. The van der Waals surface area contributed by atoms with E-state index in [0.717, 1.165) is 42.8 Å². The molecule has 0 unspecified atom stereocenters. The molecule has 0 spiro atoms. The molecule has 6 nitrogen and oxygen atoms in total. The number of sulfonamides is 1. The van der Waals surface area contributed by atoms with E-state index in [9.17, 15) is 13.2 Å². The summed E-state index contributed by atoms with van der Waals surface area (Å²) in [5.41, 5.74) is 0.633. The van der Waals surface area contributed by atoms with E-state index in [-0.39, 0.29) is 10.1 Å². The molecule has 1 aliphatic heterocycles. The predicted octanol–water partition coefficient (Wildman–Crippen LogP) is 3.96. The third kappa shape index (κ3) is 4.88. The van der Waals surface area contributed by atoms with Gasteiger partial charge in [-0.05, 0) is 56.2 Å². The van der Waals surface area contributed by atoms with Crippen molar-refractivity contribution in [3.8, 4) is 5.75 Å². The molecule has 0 atom stereocenters. The van der Waals surface area contributed by atoms with Gasteiger partial charge in [-0.2, -0.15) is 4.31 Å². The lowest BCUT2D eigenvalue weighted by atomic mass is 10.2. The number of nitrogens with zero attached hydrogens (tertiary/aromatic N) is 1. The van der Waals surface area contributed by atoms with Crippen LogP contribution >= 0.6 is 11.3 Å². The second kappa shape index (κ2) is 8.86. The summed E-state index contributed by atoms with van der Waals surface area (Å²) in [6.07, 6.45) is 3.89. The van der Waals surface area contributed by atoms with Crippen molar-refractivity contribution in [2.24, 2.45) is 0 Å². The average molecular weight is 409 g/mol. The number of benzene rings is 1. The van der Waals surface area contributed by atoms with Crippen LogP contribution in [-0.2, 0) is 10.0 Å². The highest BCUT2D eigenvalue weighted by Gasteiger charge is 2.27. The smallest absolute Gasteiger partial charge is 0.265 e. The fourth-order valence-corrected chi connectivity index (χ4v) is 5.86. The van der Waals surface area contributed by atoms with E-state index in [1.807, 2.05) is 6.92 Å². The molecule has 2 aromatic rings. The van der Waals surface area contributed by atoms with Crippen LogP contribution in [0.3, 0.4) is 0 Å². The molecule has 0 bridgehead atoms. The number of thiophene rings is 1. The molecule has 27 heavy (non-hydrogen) atoms. The van der Waals surface area contributed by atoms with Gasteiger partial charge in [0.05, 0.1) is 11.5 Å². The first-order valence-corrected chi connectivity index (χ1v) is 11.4. The molecule has 3 rings (SSSR count). The summed E-state index contributed by atoms with van der Waals surface area (Å²) in [5, 5.41) is 2.79. The van der Waals surface area contributed by atoms with Crippen LogP contribution < -0.4 is 10.1 Å². The maximum Gasteiger partial charge on any atom is 0.265 e. The van der Waals surface area contributed by atoms with Gasteiger partial charge in [0.2, 0.25) is 0 Å². The molecule has 1 aliphatic rings. The number of ether oxygens (including phenoxy) is 1. The van der Waals surface area contributed by atoms with Crippen molar-refractivity contribution in [2.75, 3.05) is 25.0 Å². The third-order valence-electron chi connectivity index (χ3n) is 4.39. The monoisotopic (exact) mass is 408 g/mol. The molecule has 0 radical (unpaired) electrons. The molecule has 0 saturated carbocycles. The van der Waals surface area contributed by atoms with Crippen LogP contribution in [0.25, 0.3) is 0 Å². The average Bonchev–Trinajstić information content (AvgIpc) is 3.00. The standard InChI is InChI=1S/C19H24N2O4S2/c1-2-25-16-9-7-15(8-10-16)20-19(22)17-11-12-18(26-17)27(23,24)21-13-5-3-4-6-14-21/h7-12H,2-6,13-14H2,1H3,(H,20,22). The SMILES string of the molecule is CCOc1ccc(NC(=O)c2ccc(S(=O)(=O)N3CCCCCC3)s2)cc1. The minimum absolute atomic E-state index is 0.223. The van der Waals surface area contributed by atoms with Gasteiger partial charge in [-0.15, -0.1) is 11.3 Å². The van der Waals surface area contributed by atoms with Crippen LogP contribution in [0.4, 0.5) is 5.69 Å². The van der Waals surface area contributed by atoms with Crippen molar-refractivity contribution >= 4 is 33.0 Å². The highest BCUT2D eigenvalue weighted by atomic mass is 32.2. The molecular weight excluding hydrogens is 384 g/mol. The number of carbonyl (C=O) groups is 1. The van der Waals surface area contributed by atoms with Crippen molar-refractivity contribution in [3.05, 3.63) is 41.3 Å². The van der Waals surface area contributed by atoms with Gasteiger partial charge in [0, 0.05) is 18.8 Å². The topological polar surface area (TPSA) is 75.7 Å². The first-order valence-electron chi connectivity index (χ1n) is 9.15. The largest absolute Gasteiger partial charge is 0.494 e. The molecule has 1 fully saturated rings. The Balaban J connectivity index is 1.69. The number of rotatable bonds is 6. The maximum absolute atomic E-state index is 12.8. The Bertz CT molecular complexity index is 867. The molecular formula is C19H24N2O4S2. The number of carbonyl (C=O) groups excluding carboxylic acids is 1. The lowest BCUT2D eigenvalue weighted by Crippen LogP contribution is -2.31. The first kappa shape index (κ1) is 19.9. The van der Waals surface area contributed by atoms with Crippen molar-refractivity contribution in [1.29, 1.82) is 0 Å². The van der Waals surface area contributed by atoms with Gasteiger partial charge in [-0.1, -0.05) is 12.8 Å². The van der Waals surface area contributed by atoms with Crippen LogP contribution in [0.5, 0.6) is 5.75 Å². The minimum Gasteiger partial charge on any atom is -0.494 e. The first-order chi connectivity index (χ1) is 13.0. The summed E-state index contributed by atoms with van der Waals surface area (Å²) < 4.78 is 32.8. The molecule has 1 saturated heterocycles. The fourth-order valence-electron chi connectivity index (χ4n) is 2.98. The molecule has 1 amide bonds. The van der Waals surface area contributed by atoms with E-state index >= 15 is 0 Å². The second-order valence-electron chi connectivity index (χ2n) is 6.35. The number of amides is 1. The van der Waals surface area contributed by atoms with Gasteiger partial charge in [-0.25, -0.2) is 8.42 Å². The van der Waals surface area contributed by atoms with Crippen molar-refractivity contribution in [3.63, 3.8) is 0 Å². The van der Waals surface area contributed by atoms with Gasteiger partial charge in [0.25, 0.3) is 15.9 Å². The van der Waals surface area contributed by atoms with E-state index < -0.39 is 10.0 Å². The van der Waals surface area contributed by atoms with Crippen LogP contribution in [0, 0.1) is 0 Å². The summed E-state index contributed by atoms with van der Waals surface area (Å²) in [6.45, 7) is 3.58. The van der Waals surface area contributed by atoms with Gasteiger partial charge in [0.15, 0.2) is 0 Å². The molecule has 1 aromatic carbocycles. The van der Waals surface area contributed by atoms with Crippen LogP contribution in [-0.4, -0.2) is 38.3 Å². The van der Waals surface area contributed by atoms with E-state index in [2.05, 4.69) is 5.32 Å². The Morgan fingerprint density at radius 1 is 1.07 bits per heavy atom. The summed E-state index contributed by atoms with van der Waals surface area (Å²) >= 11 is 1.01. The van der Waals surface area contributed by atoms with Gasteiger partial charge >= 0.3 is 0 Å². The number of nitrogens with one attached hydrogen (secondary N) is 1. The molecule has 8 heteroatoms. The normalized spacial score (nSPS) is 15.9. The Hall–Kier alpha value is -1.90. The van der Waals surface area contributed by atoms with Crippen LogP contribution in [0.2, 0.25) is 0 Å².